The third-order valence-electron chi connectivity index (χ3n) is 3.01. The van der Waals surface area contributed by atoms with Gasteiger partial charge in [-0.2, -0.15) is 0 Å². The summed E-state index contributed by atoms with van der Waals surface area (Å²) in [4.78, 5) is 17.0. The molecule has 0 aliphatic heterocycles. The number of aliphatic hydroxyl groups excluding tert-OH is 1. The van der Waals surface area contributed by atoms with E-state index in [2.05, 4.69) is 24.8 Å². The molecule has 2 rings (SSSR count). The summed E-state index contributed by atoms with van der Waals surface area (Å²) >= 11 is 0. The number of nitrogens with zero attached hydrogens (tertiary/aromatic N) is 5. The summed E-state index contributed by atoms with van der Waals surface area (Å²) in [6, 6.07) is 3.88. The van der Waals surface area contributed by atoms with Crippen LogP contribution in [0.1, 0.15) is 0 Å². The molecule has 0 saturated carbocycles. The summed E-state index contributed by atoms with van der Waals surface area (Å²) in [5.74, 6) is 0.880. The molecule has 102 valence electrons. The van der Waals surface area contributed by atoms with Crippen LogP contribution in [0.25, 0.3) is 11.2 Å². The summed E-state index contributed by atoms with van der Waals surface area (Å²) in [5, 5.41) is 8.85. The van der Waals surface area contributed by atoms with Gasteiger partial charge in [-0.25, -0.2) is 9.97 Å². The summed E-state index contributed by atoms with van der Waals surface area (Å²) in [7, 11) is 3.99. The summed E-state index contributed by atoms with van der Waals surface area (Å²) in [6.07, 6.45) is 3.31. The molecule has 0 aliphatic carbocycles. The van der Waals surface area contributed by atoms with Gasteiger partial charge < -0.3 is 14.9 Å². The molecule has 0 fully saturated rings. The molecule has 0 unspecified atom stereocenters. The number of fused-ring (bicyclic) bond motifs is 1. The average Bonchev–Trinajstić information content (AvgIpc) is 2.44. The van der Waals surface area contributed by atoms with Gasteiger partial charge in [0.25, 0.3) is 0 Å². The van der Waals surface area contributed by atoms with E-state index in [4.69, 9.17) is 5.11 Å². The zero-order chi connectivity index (χ0) is 13.7. The van der Waals surface area contributed by atoms with Crippen molar-refractivity contribution in [3.8, 4) is 0 Å². The fourth-order valence-electron chi connectivity index (χ4n) is 1.77. The second kappa shape index (κ2) is 6.40. The molecule has 0 radical (unpaired) electrons. The Hall–Kier alpha value is -1.79. The van der Waals surface area contributed by atoms with Crippen molar-refractivity contribution in [1.82, 2.24) is 19.9 Å². The number of anilines is 1. The third-order valence-corrected chi connectivity index (χ3v) is 3.01. The monoisotopic (exact) mass is 261 g/mol. The Bertz CT molecular complexity index is 533. The van der Waals surface area contributed by atoms with E-state index >= 15 is 0 Å². The first kappa shape index (κ1) is 13.6. The molecule has 0 aliphatic rings. The summed E-state index contributed by atoms with van der Waals surface area (Å²) < 4.78 is 0. The van der Waals surface area contributed by atoms with Crippen LogP contribution in [0.2, 0.25) is 0 Å². The zero-order valence-electron chi connectivity index (χ0n) is 11.3. The first-order valence-electron chi connectivity index (χ1n) is 6.29. The van der Waals surface area contributed by atoms with Crippen LogP contribution in [-0.2, 0) is 0 Å². The van der Waals surface area contributed by atoms with Crippen molar-refractivity contribution < 1.29 is 5.11 Å². The van der Waals surface area contributed by atoms with Crippen molar-refractivity contribution in [3.63, 3.8) is 0 Å². The van der Waals surface area contributed by atoms with Crippen LogP contribution in [0, 0.1) is 0 Å². The highest BCUT2D eigenvalue weighted by molar-refractivity contribution is 5.71. The first-order chi connectivity index (χ1) is 9.20. The highest BCUT2D eigenvalue weighted by atomic mass is 16.3. The fraction of sp³-hybridized carbons (Fsp3) is 0.462. The quantitative estimate of drug-likeness (QED) is 0.811. The molecule has 6 nitrogen and oxygen atoms in total. The van der Waals surface area contributed by atoms with E-state index in [1.807, 2.05) is 26.2 Å². The maximum atomic E-state index is 8.85. The number of aromatic nitrogens is 3. The maximum Gasteiger partial charge on any atom is 0.180 e. The van der Waals surface area contributed by atoms with Crippen molar-refractivity contribution in [3.05, 3.63) is 24.5 Å². The number of likely N-dealkylation sites (N-methyl/N-ethyl adjacent to an activating group) is 2. The molecule has 0 spiro atoms. The Kier molecular flexibility index (Phi) is 4.59. The number of hydrogen-bond donors (Lipinski definition) is 1. The average molecular weight is 261 g/mol. The molecule has 0 aromatic carbocycles. The molecule has 0 saturated heterocycles. The Morgan fingerprint density at radius 1 is 1.05 bits per heavy atom. The Morgan fingerprint density at radius 2 is 1.84 bits per heavy atom. The van der Waals surface area contributed by atoms with Crippen molar-refractivity contribution in [2.24, 2.45) is 0 Å². The predicted molar refractivity (Wildman–Crippen MR) is 75.2 cm³/mol. The SMILES string of the molecule is CN(CCO)CCN(C)c1ccc2nccnc2n1. The van der Waals surface area contributed by atoms with Gasteiger partial charge in [-0.3, -0.25) is 4.98 Å². The molecule has 1 N–H and O–H groups in total. The van der Waals surface area contributed by atoms with Gasteiger partial charge >= 0.3 is 0 Å². The van der Waals surface area contributed by atoms with E-state index in [9.17, 15) is 0 Å². The number of pyridine rings is 1. The van der Waals surface area contributed by atoms with Crippen LogP contribution in [0.5, 0.6) is 0 Å². The second-order valence-electron chi connectivity index (χ2n) is 4.52. The van der Waals surface area contributed by atoms with Crippen LogP contribution in [0.15, 0.2) is 24.5 Å². The van der Waals surface area contributed by atoms with E-state index in [0.717, 1.165) is 24.4 Å². The van der Waals surface area contributed by atoms with Gasteiger partial charge in [-0.05, 0) is 19.2 Å². The molecule has 0 atom stereocenters. The van der Waals surface area contributed by atoms with Gasteiger partial charge in [0.05, 0.1) is 6.61 Å². The van der Waals surface area contributed by atoms with Crippen molar-refractivity contribution >= 4 is 17.0 Å². The molecule has 0 amide bonds. The highest BCUT2D eigenvalue weighted by Crippen LogP contribution is 2.13. The standard InChI is InChI=1S/C13H19N5O/c1-17(9-10-19)7-8-18(2)12-4-3-11-13(16-12)15-6-5-14-11/h3-6,19H,7-10H2,1-2H3. The Morgan fingerprint density at radius 3 is 2.63 bits per heavy atom. The van der Waals surface area contributed by atoms with Gasteiger partial charge in [0.1, 0.15) is 11.3 Å². The largest absolute Gasteiger partial charge is 0.395 e. The maximum absolute atomic E-state index is 8.85. The van der Waals surface area contributed by atoms with Crippen LogP contribution in [0.4, 0.5) is 5.82 Å². The van der Waals surface area contributed by atoms with Crippen LogP contribution in [-0.4, -0.2) is 65.3 Å². The molecule has 2 heterocycles. The van der Waals surface area contributed by atoms with E-state index in [1.54, 1.807) is 12.4 Å². The van der Waals surface area contributed by atoms with Gasteiger partial charge in [0, 0.05) is 39.1 Å². The molecular weight excluding hydrogens is 242 g/mol. The number of aliphatic hydroxyl groups is 1. The molecule has 2 aromatic rings. The van der Waals surface area contributed by atoms with Gasteiger partial charge in [-0.15, -0.1) is 0 Å². The Labute approximate surface area is 112 Å². The van der Waals surface area contributed by atoms with Crippen LogP contribution < -0.4 is 4.90 Å². The minimum atomic E-state index is 0.185. The first-order valence-corrected chi connectivity index (χ1v) is 6.29. The van der Waals surface area contributed by atoms with E-state index in [-0.39, 0.29) is 6.61 Å². The van der Waals surface area contributed by atoms with Gasteiger partial charge in [0.15, 0.2) is 5.65 Å². The predicted octanol–water partition coefficient (Wildman–Crippen LogP) is 0.385. The van der Waals surface area contributed by atoms with Crippen LogP contribution >= 0.6 is 0 Å². The molecule has 2 aromatic heterocycles. The van der Waals surface area contributed by atoms with Gasteiger partial charge in [0.2, 0.25) is 0 Å². The van der Waals surface area contributed by atoms with E-state index in [0.29, 0.717) is 12.2 Å². The lowest BCUT2D eigenvalue weighted by Gasteiger charge is -2.22. The van der Waals surface area contributed by atoms with Crippen molar-refractivity contribution in [2.75, 3.05) is 45.2 Å². The minimum absolute atomic E-state index is 0.185. The second-order valence-corrected chi connectivity index (χ2v) is 4.52. The normalized spacial score (nSPS) is 11.2. The van der Waals surface area contributed by atoms with Crippen LogP contribution in [0.3, 0.4) is 0 Å². The van der Waals surface area contributed by atoms with Gasteiger partial charge in [-0.1, -0.05) is 0 Å². The minimum Gasteiger partial charge on any atom is -0.395 e. The number of hydrogen-bond acceptors (Lipinski definition) is 6. The molecular formula is C13H19N5O. The van der Waals surface area contributed by atoms with Crippen molar-refractivity contribution in [1.29, 1.82) is 0 Å². The smallest absolute Gasteiger partial charge is 0.180 e. The lowest BCUT2D eigenvalue weighted by atomic mass is 10.3. The zero-order valence-corrected chi connectivity index (χ0v) is 11.3. The topological polar surface area (TPSA) is 65.4 Å². The molecule has 6 heteroatoms. The Balaban J connectivity index is 2.02. The number of rotatable bonds is 6. The lowest BCUT2D eigenvalue weighted by molar-refractivity contribution is 0.224. The molecule has 0 bridgehead atoms. The van der Waals surface area contributed by atoms with Crippen molar-refractivity contribution in [2.45, 2.75) is 0 Å². The fourth-order valence-corrected chi connectivity index (χ4v) is 1.77. The molecule has 19 heavy (non-hydrogen) atoms. The highest BCUT2D eigenvalue weighted by Gasteiger charge is 2.06. The summed E-state index contributed by atoms with van der Waals surface area (Å²) in [6.45, 7) is 2.58. The third kappa shape index (κ3) is 3.59. The van der Waals surface area contributed by atoms with E-state index in [1.165, 1.54) is 0 Å². The summed E-state index contributed by atoms with van der Waals surface area (Å²) in [5.41, 5.74) is 1.47. The lowest BCUT2D eigenvalue weighted by Crippen LogP contribution is -2.32. The van der Waals surface area contributed by atoms with E-state index < -0.39 is 0 Å².